The quantitative estimate of drug-likeness (QED) is 0.779. The molecule has 0 bridgehead atoms. The summed E-state index contributed by atoms with van der Waals surface area (Å²) in [6.07, 6.45) is 12.8. The predicted octanol–water partition coefficient (Wildman–Crippen LogP) is 3.42. The highest BCUT2D eigenvalue weighted by molar-refractivity contribution is 4.93. The minimum absolute atomic E-state index is 0.437. The molecular formula is C16H32N2. The topological polar surface area (TPSA) is 15.3 Å². The molecule has 0 spiro atoms. The van der Waals surface area contributed by atoms with Gasteiger partial charge in [-0.2, -0.15) is 0 Å². The Morgan fingerprint density at radius 2 is 1.78 bits per heavy atom. The fourth-order valence-electron chi connectivity index (χ4n) is 3.67. The number of hydrogen-bond acceptors (Lipinski definition) is 2. The Bertz CT molecular complexity index is 239. The standard InChI is InChI=1S/C16H32N2/c1-14(12-15-8-7-9-15)17-13-16(18(2)3)10-5-4-6-11-16/h14-15,17H,4-13H2,1-3H3. The van der Waals surface area contributed by atoms with Gasteiger partial charge in [-0.3, -0.25) is 0 Å². The second-order valence-corrected chi connectivity index (χ2v) is 6.99. The van der Waals surface area contributed by atoms with Gasteiger partial charge in [-0.25, -0.2) is 0 Å². The molecule has 2 saturated carbocycles. The summed E-state index contributed by atoms with van der Waals surface area (Å²) in [6, 6.07) is 0.703. The Morgan fingerprint density at radius 3 is 2.28 bits per heavy atom. The molecule has 18 heavy (non-hydrogen) atoms. The molecule has 0 aliphatic heterocycles. The Labute approximate surface area is 114 Å². The van der Waals surface area contributed by atoms with E-state index in [4.69, 9.17) is 0 Å². The summed E-state index contributed by atoms with van der Waals surface area (Å²) in [6.45, 7) is 3.57. The zero-order valence-corrected chi connectivity index (χ0v) is 12.7. The van der Waals surface area contributed by atoms with Crippen LogP contribution in [0.15, 0.2) is 0 Å². The van der Waals surface area contributed by atoms with E-state index in [-0.39, 0.29) is 0 Å². The monoisotopic (exact) mass is 252 g/mol. The van der Waals surface area contributed by atoms with Gasteiger partial charge in [0, 0.05) is 18.1 Å². The van der Waals surface area contributed by atoms with Crippen molar-refractivity contribution >= 4 is 0 Å². The first-order valence-electron chi connectivity index (χ1n) is 8.03. The van der Waals surface area contributed by atoms with Crippen LogP contribution in [-0.2, 0) is 0 Å². The predicted molar refractivity (Wildman–Crippen MR) is 78.9 cm³/mol. The van der Waals surface area contributed by atoms with Crippen LogP contribution in [0.2, 0.25) is 0 Å². The number of hydrogen-bond donors (Lipinski definition) is 1. The van der Waals surface area contributed by atoms with E-state index >= 15 is 0 Å². The second kappa shape index (κ2) is 6.38. The molecule has 0 aromatic rings. The van der Waals surface area contributed by atoms with E-state index in [0.717, 1.165) is 5.92 Å². The number of nitrogens with one attached hydrogen (secondary N) is 1. The van der Waals surface area contributed by atoms with Crippen LogP contribution in [0.5, 0.6) is 0 Å². The summed E-state index contributed by atoms with van der Waals surface area (Å²) in [4.78, 5) is 2.48. The van der Waals surface area contributed by atoms with Crippen LogP contribution in [0.25, 0.3) is 0 Å². The van der Waals surface area contributed by atoms with E-state index in [1.165, 1.54) is 64.3 Å². The van der Waals surface area contributed by atoms with Crippen LogP contribution in [0, 0.1) is 5.92 Å². The van der Waals surface area contributed by atoms with Crippen LogP contribution in [0.4, 0.5) is 0 Å². The van der Waals surface area contributed by atoms with Crippen molar-refractivity contribution in [2.24, 2.45) is 5.92 Å². The van der Waals surface area contributed by atoms with E-state index in [1.54, 1.807) is 0 Å². The Morgan fingerprint density at radius 1 is 1.11 bits per heavy atom. The highest BCUT2D eigenvalue weighted by Crippen LogP contribution is 2.33. The van der Waals surface area contributed by atoms with Crippen molar-refractivity contribution in [1.29, 1.82) is 0 Å². The first-order chi connectivity index (χ1) is 8.62. The maximum Gasteiger partial charge on any atom is 0.0327 e. The van der Waals surface area contributed by atoms with Gasteiger partial charge in [-0.1, -0.05) is 38.5 Å². The lowest BCUT2D eigenvalue weighted by atomic mass is 9.79. The molecule has 1 atom stereocenters. The first-order valence-corrected chi connectivity index (χ1v) is 8.03. The lowest BCUT2D eigenvalue weighted by molar-refractivity contribution is 0.0936. The highest BCUT2D eigenvalue weighted by atomic mass is 15.2. The Kier molecular flexibility index (Phi) is 5.08. The fourth-order valence-corrected chi connectivity index (χ4v) is 3.67. The lowest BCUT2D eigenvalue weighted by Gasteiger charge is -2.44. The van der Waals surface area contributed by atoms with Crippen molar-refractivity contribution in [2.45, 2.75) is 76.3 Å². The molecule has 106 valence electrons. The van der Waals surface area contributed by atoms with Crippen LogP contribution in [0.1, 0.15) is 64.7 Å². The van der Waals surface area contributed by atoms with Gasteiger partial charge in [0.2, 0.25) is 0 Å². The zero-order chi connectivity index (χ0) is 13.0. The van der Waals surface area contributed by atoms with Crippen LogP contribution in [0.3, 0.4) is 0 Å². The number of nitrogens with zero attached hydrogens (tertiary/aromatic N) is 1. The first kappa shape index (κ1) is 14.3. The maximum atomic E-state index is 3.83. The van der Waals surface area contributed by atoms with E-state index in [0.29, 0.717) is 11.6 Å². The van der Waals surface area contributed by atoms with Gasteiger partial charge in [-0.15, -0.1) is 0 Å². The molecule has 0 heterocycles. The van der Waals surface area contributed by atoms with Gasteiger partial charge in [0.15, 0.2) is 0 Å². The van der Waals surface area contributed by atoms with E-state index in [2.05, 4.69) is 31.2 Å². The average molecular weight is 252 g/mol. The molecule has 0 aromatic carbocycles. The smallest absolute Gasteiger partial charge is 0.0327 e. The minimum Gasteiger partial charge on any atom is -0.312 e. The molecule has 2 nitrogen and oxygen atoms in total. The average Bonchev–Trinajstić information content (AvgIpc) is 2.32. The minimum atomic E-state index is 0.437. The van der Waals surface area contributed by atoms with E-state index < -0.39 is 0 Å². The van der Waals surface area contributed by atoms with Gasteiger partial charge in [0.25, 0.3) is 0 Å². The Balaban J connectivity index is 1.77. The Hall–Kier alpha value is -0.0800. The van der Waals surface area contributed by atoms with Crippen LogP contribution < -0.4 is 5.32 Å². The van der Waals surface area contributed by atoms with Crippen molar-refractivity contribution in [1.82, 2.24) is 10.2 Å². The molecule has 2 aliphatic carbocycles. The molecule has 1 N–H and O–H groups in total. The molecule has 0 amide bonds. The zero-order valence-electron chi connectivity index (χ0n) is 12.7. The van der Waals surface area contributed by atoms with E-state index in [1.807, 2.05) is 0 Å². The third-order valence-corrected chi connectivity index (χ3v) is 5.42. The molecule has 0 aromatic heterocycles. The van der Waals surface area contributed by atoms with Crippen LogP contribution in [-0.4, -0.2) is 37.1 Å². The fraction of sp³-hybridized carbons (Fsp3) is 1.00. The molecule has 0 saturated heterocycles. The van der Waals surface area contributed by atoms with Gasteiger partial charge in [-0.05, 0) is 46.2 Å². The SMILES string of the molecule is CC(CC1CCC1)NCC1(N(C)C)CCCCC1. The molecule has 2 aliphatic rings. The third kappa shape index (κ3) is 3.48. The molecule has 1 unspecified atom stereocenters. The number of rotatable bonds is 6. The summed E-state index contributed by atoms with van der Waals surface area (Å²) in [5, 5.41) is 3.83. The van der Waals surface area contributed by atoms with Crippen molar-refractivity contribution in [2.75, 3.05) is 20.6 Å². The van der Waals surface area contributed by atoms with Gasteiger partial charge < -0.3 is 10.2 Å². The van der Waals surface area contributed by atoms with Crippen LogP contribution >= 0.6 is 0 Å². The summed E-state index contributed by atoms with van der Waals surface area (Å²) >= 11 is 0. The van der Waals surface area contributed by atoms with E-state index in [9.17, 15) is 0 Å². The van der Waals surface area contributed by atoms with Crippen molar-refractivity contribution < 1.29 is 0 Å². The second-order valence-electron chi connectivity index (χ2n) is 6.99. The molecule has 2 fully saturated rings. The maximum absolute atomic E-state index is 3.83. The van der Waals surface area contributed by atoms with Crippen molar-refractivity contribution in [3.05, 3.63) is 0 Å². The molecule has 0 radical (unpaired) electrons. The number of likely N-dealkylation sites (N-methyl/N-ethyl adjacent to an activating group) is 1. The molecule has 2 heteroatoms. The summed E-state index contributed by atoms with van der Waals surface area (Å²) in [5.74, 6) is 1.02. The normalized spacial score (nSPS) is 26.0. The van der Waals surface area contributed by atoms with Gasteiger partial charge in [0.1, 0.15) is 0 Å². The van der Waals surface area contributed by atoms with Gasteiger partial charge in [0.05, 0.1) is 0 Å². The summed E-state index contributed by atoms with van der Waals surface area (Å²) in [7, 11) is 4.53. The van der Waals surface area contributed by atoms with Crippen molar-refractivity contribution in [3.8, 4) is 0 Å². The molecule has 2 rings (SSSR count). The molecular weight excluding hydrogens is 220 g/mol. The highest BCUT2D eigenvalue weighted by Gasteiger charge is 2.34. The van der Waals surface area contributed by atoms with Crippen molar-refractivity contribution in [3.63, 3.8) is 0 Å². The summed E-state index contributed by atoms with van der Waals surface area (Å²) < 4.78 is 0. The van der Waals surface area contributed by atoms with Gasteiger partial charge >= 0.3 is 0 Å². The largest absolute Gasteiger partial charge is 0.312 e. The lowest BCUT2D eigenvalue weighted by Crippen LogP contribution is -2.54. The third-order valence-electron chi connectivity index (χ3n) is 5.42. The summed E-state index contributed by atoms with van der Waals surface area (Å²) in [5.41, 5.74) is 0.437.